The highest BCUT2D eigenvalue weighted by Crippen LogP contribution is 2.24. The van der Waals surface area contributed by atoms with Crippen molar-refractivity contribution >= 4 is 0 Å². The number of aliphatic hydroxyl groups excluding tert-OH is 1. The number of likely N-dealkylation sites (N-methyl/N-ethyl adjacent to an activating group) is 1. The quantitative estimate of drug-likeness (QED) is 0.816. The molecular formula is C12H21N3O3. The molecular weight excluding hydrogens is 234 g/mol. The summed E-state index contributed by atoms with van der Waals surface area (Å²) in [4.78, 5) is 2.09. The molecule has 1 aliphatic heterocycles. The third-order valence-corrected chi connectivity index (χ3v) is 3.48. The van der Waals surface area contributed by atoms with E-state index in [1.54, 1.807) is 11.8 Å². The van der Waals surface area contributed by atoms with Crippen molar-refractivity contribution in [2.45, 2.75) is 25.6 Å². The predicted octanol–water partition coefficient (Wildman–Crippen LogP) is -0.0714. The Hall–Kier alpha value is -1.11. The van der Waals surface area contributed by atoms with Crippen molar-refractivity contribution in [3.8, 4) is 5.88 Å². The van der Waals surface area contributed by atoms with Crippen molar-refractivity contribution in [2.24, 2.45) is 7.05 Å². The van der Waals surface area contributed by atoms with Gasteiger partial charge >= 0.3 is 0 Å². The zero-order chi connectivity index (χ0) is 13.3. The number of aryl methyl sites for hydroxylation is 2. The summed E-state index contributed by atoms with van der Waals surface area (Å²) in [6.45, 7) is 3.64. The van der Waals surface area contributed by atoms with Crippen molar-refractivity contribution in [2.75, 3.05) is 27.4 Å². The van der Waals surface area contributed by atoms with E-state index in [-0.39, 0.29) is 6.04 Å². The average Bonchev–Trinajstić information content (AvgIpc) is 2.84. The first kappa shape index (κ1) is 13.3. The number of aliphatic hydroxyl groups is 1. The fraction of sp³-hybridized carbons (Fsp3) is 0.750. The molecule has 6 nitrogen and oxygen atoms in total. The van der Waals surface area contributed by atoms with Gasteiger partial charge in [-0.1, -0.05) is 0 Å². The molecule has 1 fully saturated rings. The lowest BCUT2D eigenvalue weighted by Crippen LogP contribution is -2.40. The van der Waals surface area contributed by atoms with Crippen LogP contribution >= 0.6 is 0 Å². The molecule has 1 N–H and O–H groups in total. The van der Waals surface area contributed by atoms with Gasteiger partial charge in [-0.3, -0.25) is 4.90 Å². The van der Waals surface area contributed by atoms with Crippen LogP contribution < -0.4 is 4.74 Å². The molecule has 1 aliphatic rings. The normalized spacial score (nSPS) is 23.9. The summed E-state index contributed by atoms with van der Waals surface area (Å²) < 4.78 is 12.4. The van der Waals surface area contributed by atoms with Crippen molar-refractivity contribution in [1.29, 1.82) is 0 Å². The molecule has 2 heterocycles. The van der Waals surface area contributed by atoms with Crippen LogP contribution in [-0.2, 0) is 18.3 Å². The van der Waals surface area contributed by atoms with E-state index in [2.05, 4.69) is 10.00 Å². The second-order valence-corrected chi connectivity index (χ2v) is 4.78. The first-order valence-electron chi connectivity index (χ1n) is 6.07. The van der Waals surface area contributed by atoms with Crippen LogP contribution in [0.25, 0.3) is 0 Å². The highest BCUT2D eigenvalue weighted by Gasteiger charge is 2.30. The van der Waals surface area contributed by atoms with Crippen LogP contribution in [-0.4, -0.2) is 59.3 Å². The van der Waals surface area contributed by atoms with E-state index >= 15 is 0 Å². The average molecular weight is 255 g/mol. The lowest BCUT2D eigenvalue weighted by molar-refractivity contribution is 0.0920. The monoisotopic (exact) mass is 255 g/mol. The van der Waals surface area contributed by atoms with Gasteiger partial charge in [0.05, 0.1) is 43.7 Å². The fourth-order valence-corrected chi connectivity index (χ4v) is 2.44. The maximum Gasteiger partial charge on any atom is 0.216 e. The van der Waals surface area contributed by atoms with Crippen LogP contribution in [0, 0.1) is 6.92 Å². The minimum atomic E-state index is -0.419. The highest BCUT2D eigenvalue weighted by molar-refractivity contribution is 5.30. The number of rotatable bonds is 4. The van der Waals surface area contributed by atoms with Crippen LogP contribution in [0.5, 0.6) is 5.88 Å². The van der Waals surface area contributed by atoms with Gasteiger partial charge in [-0.2, -0.15) is 5.10 Å². The molecule has 1 aromatic rings. The standard InChI is InChI=1S/C12H21N3O3/c1-8-9(12(17-4)15(3)13-8)5-14(2)10-6-18-7-11(10)16/h10-11,16H,5-7H2,1-4H3/t10-,11-/m1/s1. The van der Waals surface area contributed by atoms with Gasteiger partial charge in [-0.15, -0.1) is 0 Å². The van der Waals surface area contributed by atoms with Gasteiger partial charge in [0.15, 0.2) is 0 Å². The zero-order valence-corrected chi connectivity index (χ0v) is 11.4. The summed E-state index contributed by atoms with van der Waals surface area (Å²) in [5, 5.41) is 14.2. The first-order chi connectivity index (χ1) is 8.54. The molecule has 1 saturated heterocycles. The largest absolute Gasteiger partial charge is 0.481 e. The van der Waals surface area contributed by atoms with Crippen LogP contribution in [0.2, 0.25) is 0 Å². The van der Waals surface area contributed by atoms with Gasteiger partial charge in [0, 0.05) is 13.6 Å². The maximum absolute atomic E-state index is 9.82. The third-order valence-electron chi connectivity index (χ3n) is 3.48. The summed E-state index contributed by atoms with van der Waals surface area (Å²) in [6.07, 6.45) is -0.419. The fourth-order valence-electron chi connectivity index (χ4n) is 2.44. The molecule has 0 saturated carbocycles. The van der Waals surface area contributed by atoms with Crippen LogP contribution in [0.1, 0.15) is 11.3 Å². The van der Waals surface area contributed by atoms with E-state index in [4.69, 9.17) is 9.47 Å². The van der Waals surface area contributed by atoms with Crippen molar-refractivity contribution in [1.82, 2.24) is 14.7 Å². The number of hydrogen-bond acceptors (Lipinski definition) is 5. The molecule has 0 bridgehead atoms. The second-order valence-electron chi connectivity index (χ2n) is 4.78. The maximum atomic E-state index is 9.82. The van der Waals surface area contributed by atoms with E-state index in [1.165, 1.54) is 0 Å². The summed E-state index contributed by atoms with van der Waals surface area (Å²) in [6, 6.07) is 0.0364. The molecule has 102 valence electrons. The Bertz CT molecular complexity index is 419. The van der Waals surface area contributed by atoms with E-state index in [0.717, 1.165) is 17.1 Å². The Morgan fingerprint density at radius 2 is 2.28 bits per heavy atom. The Morgan fingerprint density at radius 1 is 1.56 bits per heavy atom. The second kappa shape index (κ2) is 5.26. The molecule has 0 unspecified atom stereocenters. The minimum Gasteiger partial charge on any atom is -0.481 e. The molecule has 0 aromatic carbocycles. The molecule has 0 radical (unpaired) electrons. The number of aromatic nitrogens is 2. The smallest absolute Gasteiger partial charge is 0.216 e. The van der Waals surface area contributed by atoms with E-state index in [1.807, 2.05) is 21.0 Å². The molecule has 1 aromatic heterocycles. The van der Waals surface area contributed by atoms with Gasteiger partial charge < -0.3 is 14.6 Å². The minimum absolute atomic E-state index is 0.0364. The molecule has 0 spiro atoms. The number of hydrogen-bond donors (Lipinski definition) is 1. The van der Waals surface area contributed by atoms with E-state index in [0.29, 0.717) is 19.8 Å². The van der Waals surface area contributed by atoms with Gasteiger partial charge in [0.25, 0.3) is 0 Å². The molecule has 18 heavy (non-hydrogen) atoms. The van der Waals surface area contributed by atoms with Crippen molar-refractivity contribution in [3.63, 3.8) is 0 Å². The molecule has 0 aliphatic carbocycles. The van der Waals surface area contributed by atoms with Crippen molar-refractivity contribution in [3.05, 3.63) is 11.3 Å². The number of nitrogens with zero attached hydrogens (tertiary/aromatic N) is 3. The Kier molecular flexibility index (Phi) is 3.89. The Labute approximate surface area is 107 Å². The third kappa shape index (κ3) is 2.36. The van der Waals surface area contributed by atoms with Gasteiger partial charge in [-0.05, 0) is 14.0 Å². The van der Waals surface area contributed by atoms with Crippen LogP contribution in [0.15, 0.2) is 0 Å². The lowest BCUT2D eigenvalue weighted by Gasteiger charge is -2.25. The van der Waals surface area contributed by atoms with Gasteiger partial charge in [0.2, 0.25) is 5.88 Å². The number of methoxy groups -OCH3 is 1. The molecule has 2 atom stereocenters. The first-order valence-corrected chi connectivity index (χ1v) is 6.07. The predicted molar refractivity (Wildman–Crippen MR) is 66.6 cm³/mol. The van der Waals surface area contributed by atoms with Crippen LogP contribution in [0.3, 0.4) is 0 Å². The summed E-state index contributed by atoms with van der Waals surface area (Å²) in [5.74, 6) is 0.771. The SMILES string of the molecule is COc1c(CN(C)[C@@H]2COC[C@H]2O)c(C)nn1C. The molecule has 2 rings (SSSR count). The highest BCUT2D eigenvalue weighted by atomic mass is 16.5. The Morgan fingerprint density at radius 3 is 2.83 bits per heavy atom. The number of ether oxygens (including phenoxy) is 2. The van der Waals surface area contributed by atoms with Crippen molar-refractivity contribution < 1.29 is 14.6 Å². The van der Waals surface area contributed by atoms with Gasteiger partial charge in [0.1, 0.15) is 0 Å². The summed E-state index contributed by atoms with van der Waals surface area (Å²) >= 11 is 0. The molecule has 0 amide bonds. The zero-order valence-electron chi connectivity index (χ0n) is 11.4. The summed E-state index contributed by atoms with van der Waals surface area (Å²) in [7, 11) is 5.49. The van der Waals surface area contributed by atoms with Gasteiger partial charge in [-0.25, -0.2) is 4.68 Å². The topological polar surface area (TPSA) is 59.8 Å². The van der Waals surface area contributed by atoms with E-state index < -0.39 is 6.10 Å². The Balaban J connectivity index is 2.13. The molecule has 6 heteroatoms. The summed E-state index contributed by atoms with van der Waals surface area (Å²) in [5.41, 5.74) is 2.01. The van der Waals surface area contributed by atoms with E-state index in [9.17, 15) is 5.11 Å². The van der Waals surface area contributed by atoms with Crippen LogP contribution in [0.4, 0.5) is 0 Å². The lowest BCUT2D eigenvalue weighted by atomic mass is 10.1.